The van der Waals surface area contributed by atoms with Crippen LogP contribution in [0.2, 0.25) is 0 Å². The molecule has 0 bridgehead atoms. The summed E-state index contributed by atoms with van der Waals surface area (Å²) in [5.41, 5.74) is 1.20. The molecular formula is C20H28O3. The first-order valence-corrected chi connectivity index (χ1v) is 9.38. The Morgan fingerprint density at radius 1 is 1.17 bits per heavy atom. The van der Waals surface area contributed by atoms with Gasteiger partial charge in [0.25, 0.3) is 0 Å². The molecule has 0 radical (unpaired) electrons. The molecule has 0 spiro atoms. The first-order valence-electron chi connectivity index (χ1n) is 9.38. The Morgan fingerprint density at radius 3 is 2.70 bits per heavy atom. The van der Waals surface area contributed by atoms with E-state index in [0.29, 0.717) is 30.0 Å². The topological polar surface area (TPSA) is 54.4 Å². The van der Waals surface area contributed by atoms with E-state index in [9.17, 15) is 14.7 Å². The molecule has 0 aliphatic heterocycles. The number of carbonyl (C=O) groups is 2. The minimum atomic E-state index is -0.823. The van der Waals surface area contributed by atoms with E-state index in [2.05, 4.69) is 13.8 Å². The second kappa shape index (κ2) is 5.02. The highest BCUT2D eigenvalue weighted by molar-refractivity contribution is 5.95. The van der Waals surface area contributed by atoms with Crippen molar-refractivity contribution < 1.29 is 14.7 Å². The predicted octanol–water partition coefficient (Wildman–Crippen LogP) is 3.45. The minimum absolute atomic E-state index is 0.00319. The summed E-state index contributed by atoms with van der Waals surface area (Å²) in [6.07, 6.45) is 8.53. The van der Waals surface area contributed by atoms with Crippen molar-refractivity contribution in [1.82, 2.24) is 0 Å². The van der Waals surface area contributed by atoms with E-state index in [0.717, 1.165) is 44.9 Å². The zero-order chi connectivity index (χ0) is 16.4. The van der Waals surface area contributed by atoms with Crippen LogP contribution < -0.4 is 0 Å². The third-order valence-electron chi connectivity index (χ3n) is 8.08. The lowest BCUT2D eigenvalue weighted by atomic mass is 9.46. The largest absolute Gasteiger partial charge is 0.385 e. The molecule has 3 nitrogen and oxygen atoms in total. The van der Waals surface area contributed by atoms with Crippen LogP contribution in [0.1, 0.15) is 65.2 Å². The van der Waals surface area contributed by atoms with Crippen LogP contribution >= 0.6 is 0 Å². The van der Waals surface area contributed by atoms with E-state index in [4.69, 9.17) is 0 Å². The second-order valence-corrected chi connectivity index (χ2v) is 8.64. The summed E-state index contributed by atoms with van der Waals surface area (Å²) >= 11 is 0. The molecule has 23 heavy (non-hydrogen) atoms. The SMILES string of the molecule is CC[C@]12C[C@H](O)C(=O)C=C1CC[C@@H]1[C@@H]2CC[C@]2(C)C(=O)CC[C@@H]12. The number of carbonyl (C=O) groups excluding carboxylic acids is 2. The van der Waals surface area contributed by atoms with Crippen molar-refractivity contribution in [2.75, 3.05) is 0 Å². The Bertz CT molecular complexity index is 592. The second-order valence-electron chi connectivity index (χ2n) is 8.64. The lowest BCUT2D eigenvalue weighted by molar-refractivity contribution is -0.135. The summed E-state index contributed by atoms with van der Waals surface area (Å²) in [5, 5.41) is 10.2. The monoisotopic (exact) mass is 316 g/mol. The van der Waals surface area contributed by atoms with E-state index in [1.165, 1.54) is 5.57 Å². The van der Waals surface area contributed by atoms with Crippen molar-refractivity contribution in [2.45, 2.75) is 71.3 Å². The summed E-state index contributed by atoms with van der Waals surface area (Å²) in [5.74, 6) is 2.04. The summed E-state index contributed by atoms with van der Waals surface area (Å²) in [6.45, 7) is 4.42. The van der Waals surface area contributed by atoms with Gasteiger partial charge in [0.2, 0.25) is 0 Å². The highest BCUT2D eigenvalue weighted by atomic mass is 16.3. The summed E-state index contributed by atoms with van der Waals surface area (Å²) in [4.78, 5) is 24.4. The lowest BCUT2D eigenvalue weighted by Crippen LogP contribution is -2.53. The van der Waals surface area contributed by atoms with Crippen molar-refractivity contribution in [3.05, 3.63) is 11.6 Å². The Hall–Kier alpha value is -0.960. The molecule has 3 fully saturated rings. The first kappa shape index (κ1) is 15.6. The highest BCUT2D eigenvalue weighted by Crippen LogP contribution is 2.65. The van der Waals surface area contributed by atoms with Gasteiger partial charge in [-0.25, -0.2) is 0 Å². The minimum Gasteiger partial charge on any atom is -0.385 e. The molecule has 0 aromatic rings. The average molecular weight is 316 g/mol. The van der Waals surface area contributed by atoms with E-state index >= 15 is 0 Å². The van der Waals surface area contributed by atoms with E-state index in [-0.39, 0.29) is 16.6 Å². The van der Waals surface area contributed by atoms with Crippen molar-refractivity contribution in [3.63, 3.8) is 0 Å². The van der Waals surface area contributed by atoms with Crippen LogP contribution in [0, 0.1) is 28.6 Å². The average Bonchev–Trinajstić information content (AvgIpc) is 2.84. The Kier molecular flexibility index (Phi) is 3.39. The Balaban J connectivity index is 1.74. The van der Waals surface area contributed by atoms with Gasteiger partial charge in [0.1, 0.15) is 11.9 Å². The van der Waals surface area contributed by atoms with Gasteiger partial charge in [0.05, 0.1) is 0 Å². The molecule has 6 atom stereocenters. The molecule has 0 aromatic carbocycles. The van der Waals surface area contributed by atoms with Crippen LogP contribution in [0.15, 0.2) is 11.6 Å². The molecule has 1 N–H and O–H groups in total. The van der Waals surface area contributed by atoms with E-state index in [1.54, 1.807) is 6.08 Å². The van der Waals surface area contributed by atoms with Gasteiger partial charge in [0, 0.05) is 11.8 Å². The Labute approximate surface area is 138 Å². The standard InChI is InChI=1S/C20H28O3/c1-3-20-11-17(22)16(21)10-12(20)4-5-13-14-6-7-18(23)19(14,2)9-8-15(13)20/h10,13-15,17,22H,3-9,11H2,1-2H3/t13-,14-,15-,17-,19-,20-/m0/s1. The molecule has 0 unspecified atom stereocenters. The van der Waals surface area contributed by atoms with Gasteiger partial charge in [-0.05, 0) is 74.2 Å². The van der Waals surface area contributed by atoms with Crippen molar-refractivity contribution in [1.29, 1.82) is 0 Å². The van der Waals surface area contributed by atoms with Gasteiger partial charge >= 0.3 is 0 Å². The quantitative estimate of drug-likeness (QED) is 0.806. The number of aliphatic hydroxyl groups is 1. The maximum atomic E-state index is 12.4. The van der Waals surface area contributed by atoms with Gasteiger partial charge in [-0.3, -0.25) is 9.59 Å². The molecule has 4 aliphatic rings. The normalized spacial score (nSPS) is 49.3. The third-order valence-corrected chi connectivity index (χ3v) is 8.08. The first-order chi connectivity index (χ1) is 10.9. The van der Waals surface area contributed by atoms with Crippen LogP contribution in [0.5, 0.6) is 0 Å². The van der Waals surface area contributed by atoms with E-state index < -0.39 is 6.10 Å². The summed E-state index contributed by atoms with van der Waals surface area (Å²) < 4.78 is 0. The van der Waals surface area contributed by atoms with E-state index in [1.807, 2.05) is 0 Å². The molecule has 3 heteroatoms. The molecule has 4 rings (SSSR count). The van der Waals surface area contributed by atoms with Crippen LogP contribution in [-0.2, 0) is 9.59 Å². The highest BCUT2D eigenvalue weighted by Gasteiger charge is 2.60. The summed E-state index contributed by atoms with van der Waals surface area (Å²) in [6, 6.07) is 0. The number of allylic oxidation sites excluding steroid dienone is 1. The number of hydrogen-bond acceptors (Lipinski definition) is 3. The molecule has 0 heterocycles. The molecule has 0 aromatic heterocycles. The van der Waals surface area contributed by atoms with Gasteiger partial charge in [-0.15, -0.1) is 0 Å². The van der Waals surface area contributed by atoms with Gasteiger partial charge in [-0.2, -0.15) is 0 Å². The number of hydrogen-bond donors (Lipinski definition) is 1. The number of rotatable bonds is 1. The third kappa shape index (κ3) is 1.92. The molecule has 0 saturated heterocycles. The summed E-state index contributed by atoms with van der Waals surface area (Å²) in [7, 11) is 0. The van der Waals surface area contributed by atoms with Gasteiger partial charge < -0.3 is 5.11 Å². The van der Waals surface area contributed by atoms with Gasteiger partial charge in [-0.1, -0.05) is 19.4 Å². The molecule has 126 valence electrons. The smallest absolute Gasteiger partial charge is 0.184 e. The fourth-order valence-corrected chi connectivity index (χ4v) is 6.80. The number of ketones is 2. The van der Waals surface area contributed by atoms with Crippen molar-refractivity contribution in [3.8, 4) is 0 Å². The molecular weight excluding hydrogens is 288 g/mol. The molecule has 0 amide bonds. The van der Waals surface area contributed by atoms with Crippen LogP contribution in [0.25, 0.3) is 0 Å². The van der Waals surface area contributed by atoms with Crippen LogP contribution in [-0.4, -0.2) is 22.8 Å². The Morgan fingerprint density at radius 2 is 1.96 bits per heavy atom. The number of aliphatic hydroxyl groups excluding tert-OH is 1. The maximum Gasteiger partial charge on any atom is 0.184 e. The zero-order valence-electron chi connectivity index (χ0n) is 14.3. The maximum absolute atomic E-state index is 12.4. The molecule has 4 aliphatic carbocycles. The lowest BCUT2D eigenvalue weighted by Gasteiger charge is -2.58. The predicted molar refractivity (Wildman–Crippen MR) is 87.7 cm³/mol. The van der Waals surface area contributed by atoms with Crippen molar-refractivity contribution >= 4 is 11.6 Å². The molecule has 3 saturated carbocycles. The number of fused-ring (bicyclic) bond motifs is 5. The number of Topliss-reactive ketones (excluding diaryl/α,β-unsaturated/α-hetero) is 1. The van der Waals surface area contributed by atoms with Gasteiger partial charge in [0.15, 0.2) is 5.78 Å². The zero-order valence-corrected chi connectivity index (χ0v) is 14.3. The fourth-order valence-electron chi connectivity index (χ4n) is 6.80. The van der Waals surface area contributed by atoms with Crippen LogP contribution in [0.4, 0.5) is 0 Å². The fraction of sp³-hybridized carbons (Fsp3) is 0.800. The van der Waals surface area contributed by atoms with Crippen LogP contribution in [0.3, 0.4) is 0 Å². The van der Waals surface area contributed by atoms with Crippen molar-refractivity contribution in [2.24, 2.45) is 28.6 Å².